The first-order valence-electron chi connectivity index (χ1n) is 7.94. The van der Waals surface area contributed by atoms with Crippen molar-refractivity contribution in [2.45, 2.75) is 19.4 Å². The van der Waals surface area contributed by atoms with Gasteiger partial charge in [-0.3, -0.25) is 0 Å². The van der Waals surface area contributed by atoms with Crippen LogP contribution in [0.3, 0.4) is 0 Å². The minimum Gasteiger partial charge on any atom is -0.493 e. The number of hydrogen-bond donors (Lipinski definition) is 1. The van der Waals surface area contributed by atoms with Gasteiger partial charge in [-0.15, -0.1) is 0 Å². The van der Waals surface area contributed by atoms with E-state index in [9.17, 15) is 0 Å². The van der Waals surface area contributed by atoms with Gasteiger partial charge in [0, 0.05) is 18.0 Å². The summed E-state index contributed by atoms with van der Waals surface area (Å²) >= 11 is 0. The van der Waals surface area contributed by atoms with E-state index in [-0.39, 0.29) is 6.10 Å². The van der Waals surface area contributed by atoms with Crippen molar-refractivity contribution < 1.29 is 9.47 Å². The molecule has 1 heterocycles. The lowest BCUT2D eigenvalue weighted by Crippen LogP contribution is -2.36. The number of rotatable bonds is 5. The van der Waals surface area contributed by atoms with Crippen LogP contribution in [0, 0.1) is 5.92 Å². The highest BCUT2D eigenvalue weighted by molar-refractivity contribution is 5.40. The molecule has 2 aromatic carbocycles. The molecule has 1 N–H and O–H groups in total. The zero-order chi connectivity index (χ0) is 15.4. The van der Waals surface area contributed by atoms with E-state index in [2.05, 4.69) is 36.5 Å². The van der Waals surface area contributed by atoms with Crippen LogP contribution in [0.5, 0.6) is 11.5 Å². The monoisotopic (exact) mass is 297 g/mol. The summed E-state index contributed by atoms with van der Waals surface area (Å²) in [5, 5.41) is 3.25. The second-order valence-corrected chi connectivity index (χ2v) is 5.67. The first kappa shape index (κ1) is 14.9. The fraction of sp³-hybridized carbons (Fsp3) is 0.368. The van der Waals surface area contributed by atoms with Crippen LogP contribution in [0.25, 0.3) is 0 Å². The minimum atomic E-state index is 0.0186. The van der Waals surface area contributed by atoms with Gasteiger partial charge in [0.05, 0.1) is 6.61 Å². The lowest BCUT2D eigenvalue weighted by atomic mass is 9.92. The van der Waals surface area contributed by atoms with E-state index in [0.29, 0.717) is 12.5 Å². The summed E-state index contributed by atoms with van der Waals surface area (Å²) in [6.07, 6.45) is 0.989. The van der Waals surface area contributed by atoms with Crippen molar-refractivity contribution in [2.24, 2.45) is 5.92 Å². The Labute approximate surface area is 132 Å². The number of ether oxygens (including phenoxy) is 2. The summed E-state index contributed by atoms with van der Waals surface area (Å²) < 4.78 is 12.3. The van der Waals surface area contributed by atoms with Crippen LogP contribution in [-0.4, -0.2) is 20.2 Å². The molecule has 0 aliphatic carbocycles. The number of benzene rings is 2. The van der Waals surface area contributed by atoms with Gasteiger partial charge in [0.1, 0.15) is 17.6 Å². The van der Waals surface area contributed by atoms with Crippen molar-refractivity contribution in [1.29, 1.82) is 0 Å². The lowest BCUT2D eigenvalue weighted by molar-refractivity contribution is 0.0697. The number of fused-ring (bicyclic) bond motifs is 1. The van der Waals surface area contributed by atoms with Gasteiger partial charge in [-0.25, -0.2) is 0 Å². The number of para-hydroxylation sites is 2. The second kappa shape index (κ2) is 6.84. The van der Waals surface area contributed by atoms with Gasteiger partial charge in [-0.05, 0) is 31.2 Å². The average Bonchev–Trinajstić information content (AvgIpc) is 2.57. The summed E-state index contributed by atoms with van der Waals surface area (Å²) in [4.78, 5) is 0. The SMILES string of the molecule is CCc1ccccc1OC1c2ccccc2OCC1CNC. The smallest absolute Gasteiger partial charge is 0.135 e. The van der Waals surface area contributed by atoms with Crippen molar-refractivity contribution in [2.75, 3.05) is 20.2 Å². The summed E-state index contributed by atoms with van der Waals surface area (Å²) in [7, 11) is 1.97. The normalized spacial score (nSPS) is 20.1. The van der Waals surface area contributed by atoms with Gasteiger partial charge >= 0.3 is 0 Å². The fourth-order valence-corrected chi connectivity index (χ4v) is 3.02. The maximum Gasteiger partial charge on any atom is 0.135 e. The van der Waals surface area contributed by atoms with E-state index >= 15 is 0 Å². The summed E-state index contributed by atoms with van der Waals surface area (Å²) in [5.41, 5.74) is 2.38. The van der Waals surface area contributed by atoms with Gasteiger partial charge < -0.3 is 14.8 Å². The molecule has 0 saturated heterocycles. The van der Waals surface area contributed by atoms with Gasteiger partial charge in [0.15, 0.2) is 0 Å². The highest BCUT2D eigenvalue weighted by Crippen LogP contribution is 2.39. The molecular formula is C19H23NO2. The Morgan fingerprint density at radius 2 is 1.91 bits per heavy atom. The lowest BCUT2D eigenvalue weighted by Gasteiger charge is -2.34. The summed E-state index contributed by atoms with van der Waals surface area (Å²) in [6.45, 7) is 3.70. The van der Waals surface area contributed by atoms with Gasteiger partial charge in [-0.2, -0.15) is 0 Å². The number of nitrogens with one attached hydrogen (secondary N) is 1. The Kier molecular flexibility index (Phi) is 4.64. The third-order valence-corrected chi connectivity index (χ3v) is 4.18. The first-order valence-corrected chi connectivity index (χ1v) is 7.94. The molecule has 0 radical (unpaired) electrons. The van der Waals surface area contributed by atoms with Gasteiger partial charge in [0.25, 0.3) is 0 Å². The first-order chi connectivity index (χ1) is 10.8. The van der Waals surface area contributed by atoms with Crippen molar-refractivity contribution in [3.8, 4) is 11.5 Å². The molecule has 2 aromatic rings. The highest BCUT2D eigenvalue weighted by Gasteiger charge is 2.32. The van der Waals surface area contributed by atoms with E-state index in [0.717, 1.165) is 30.0 Å². The van der Waals surface area contributed by atoms with Gasteiger partial charge in [0.2, 0.25) is 0 Å². The molecule has 0 bridgehead atoms. The Balaban J connectivity index is 1.94. The Hall–Kier alpha value is -2.00. The Morgan fingerprint density at radius 3 is 2.73 bits per heavy atom. The summed E-state index contributed by atoms with van der Waals surface area (Å²) in [5.74, 6) is 2.21. The summed E-state index contributed by atoms with van der Waals surface area (Å²) in [6, 6.07) is 16.5. The molecular weight excluding hydrogens is 274 g/mol. The number of hydrogen-bond acceptors (Lipinski definition) is 3. The van der Waals surface area contributed by atoms with E-state index in [1.807, 2.05) is 31.3 Å². The minimum absolute atomic E-state index is 0.0186. The molecule has 0 saturated carbocycles. The van der Waals surface area contributed by atoms with Crippen molar-refractivity contribution >= 4 is 0 Å². The van der Waals surface area contributed by atoms with Crippen LogP contribution in [0.4, 0.5) is 0 Å². The van der Waals surface area contributed by atoms with E-state index < -0.39 is 0 Å². The van der Waals surface area contributed by atoms with Crippen LogP contribution in [0.15, 0.2) is 48.5 Å². The molecule has 3 heteroatoms. The third-order valence-electron chi connectivity index (χ3n) is 4.18. The van der Waals surface area contributed by atoms with Crippen LogP contribution >= 0.6 is 0 Å². The highest BCUT2D eigenvalue weighted by atomic mass is 16.5. The second-order valence-electron chi connectivity index (χ2n) is 5.67. The Bertz CT molecular complexity index is 626. The maximum absolute atomic E-state index is 6.45. The van der Waals surface area contributed by atoms with Crippen LogP contribution in [0.1, 0.15) is 24.2 Å². The quantitative estimate of drug-likeness (QED) is 0.914. The molecule has 2 atom stereocenters. The number of aryl methyl sites for hydroxylation is 1. The van der Waals surface area contributed by atoms with Crippen molar-refractivity contribution in [3.63, 3.8) is 0 Å². The van der Waals surface area contributed by atoms with E-state index in [1.165, 1.54) is 5.56 Å². The standard InChI is InChI=1S/C19H23NO2/c1-3-14-8-4-6-10-17(14)22-19-15(12-20-2)13-21-18-11-7-5-9-16(18)19/h4-11,15,19-20H,3,12-13H2,1-2H3. The largest absolute Gasteiger partial charge is 0.493 e. The van der Waals surface area contributed by atoms with E-state index in [1.54, 1.807) is 0 Å². The third kappa shape index (κ3) is 2.95. The molecule has 0 amide bonds. The zero-order valence-corrected chi connectivity index (χ0v) is 13.2. The molecule has 3 nitrogen and oxygen atoms in total. The van der Waals surface area contributed by atoms with E-state index in [4.69, 9.17) is 9.47 Å². The molecule has 3 rings (SSSR count). The molecule has 22 heavy (non-hydrogen) atoms. The fourth-order valence-electron chi connectivity index (χ4n) is 3.02. The predicted molar refractivity (Wildman–Crippen MR) is 88.5 cm³/mol. The predicted octanol–water partition coefficient (Wildman–Crippen LogP) is 3.60. The maximum atomic E-state index is 6.45. The molecule has 0 spiro atoms. The van der Waals surface area contributed by atoms with Crippen molar-refractivity contribution in [3.05, 3.63) is 59.7 Å². The molecule has 116 valence electrons. The van der Waals surface area contributed by atoms with Crippen LogP contribution in [-0.2, 0) is 6.42 Å². The molecule has 1 aliphatic heterocycles. The molecule has 0 aromatic heterocycles. The molecule has 0 fully saturated rings. The molecule has 1 aliphatic rings. The molecule has 2 unspecified atom stereocenters. The van der Waals surface area contributed by atoms with Crippen LogP contribution < -0.4 is 14.8 Å². The van der Waals surface area contributed by atoms with Gasteiger partial charge in [-0.1, -0.05) is 43.3 Å². The van der Waals surface area contributed by atoms with Crippen molar-refractivity contribution in [1.82, 2.24) is 5.32 Å². The van der Waals surface area contributed by atoms with Crippen LogP contribution in [0.2, 0.25) is 0 Å². The Morgan fingerprint density at radius 1 is 1.14 bits per heavy atom. The average molecular weight is 297 g/mol. The zero-order valence-electron chi connectivity index (χ0n) is 13.2. The topological polar surface area (TPSA) is 30.5 Å².